The van der Waals surface area contributed by atoms with Crippen LogP contribution in [0.15, 0.2) is 0 Å². The molecule has 2 heteroatoms. The molecule has 0 unspecified atom stereocenters. The molecular weight excluding hydrogens is 282 g/mol. The Kier molecular flexibility index (Phi) is 7.90. The second-order valence-electron chi connectivity index (χ2n) is 8.20. The summed E-state index contributed by atoms with van der Waals surface area (Å²) in [6, 6.07) is 2.65. The van der Waals surface area contributed by atoms with Gasteiger partial charge in [0.05, 0.1) is 17.6 Å². The molecule has 132 valence electrons. The summed E-state index contributed by atoms with van der Waals surface area (Å²) < 4.78 is 6.25. The Morgan fingerprint density at radius 1 is 0.957 bits per heavy atom. The van der Waals surface area contributed by atoms with E-state index in [1.165, 1.54) is 64.2 Å². The lowest BCUT2D eigenvalue weighted by Gasteiger charge is -2.36. The van der Waals surface area contributed by atoms with Crippen molar-refractivity contribution < 1.29 is 4.74 Å². The third-order valence-electron chi connectivity index (χ3n) is 6.37. The van der Waals surface area contributed by atoms with Gasteiger partial charge in [-0.2, -0.15) is 5.26 Å². The van der Waals surface area contributed by atoms with E-state index >= 15 is 0 Å². The number of ether oxygens (including phenoxy) is 1. The SMILES string of the molecule is CCCC[C@]1(C#N)CC[C@H](CO[C@H]2CC[C@H](CCC)CC2)CC1. The predicted octanol–water partition coefficient (Wildman–Crippen LogP) is 6.25. The van der Waals surface area contributed by atoms with Crippen LogP contribution in [0.5, 0.6) is 0 Å². The summed E-state index contributed by atoms with van der Waals surface area (Å²) in [5.74, 6) is 1.66. The summed E-state index contributed by atoms with van der Waals surface area (Å²) in [6.07, 6.45) is 16.7. The van der Waals surface area contributed by atoms with E-state index in [4.69, 9.17) is 4.74 Å². The lowest BCUT2D eigenvalue weighted by atomic mass is 9.69. The molecule has 0 atom stereocenters. The summed E-state index contributed by atoms with van der Waals surface area (Å²) in [6.45, 7) is 5.46. The molecular formula is C21H37NO. The molecule has 2 nitrogen and oxygen atoms in total. The van der Waals surface area contributed by atoms with Crippen LogP contribution in [0, 0.1) is 28.6 Å². The first-order valence-corrected chi connectivity index (χ1v) is 10.2. The Morgan fingerprint density at radius 3 is 2.22 bits per heavy atom. The third kappa shape index (κ3) is 5.79. The fourth-order valence-corrected chi connectivity index (χ4v) is 4.60. The van der Waals surface area contributed by atoms with Crippen molar-refractivity contribution in [2.24, 2.45) is 17.3 Å². The molecule has 0 bridgehead atoms. The zero-order valence-corrected chi connectivity index (χ0v) is 15.5. The minimum Gasteiger partial charge on any atom is -0.378 e. The average molecular weight is 320 g/mol. The van der Waals surface area contributed by atoms with Crippen molar-refractivity contribution in [3.8, 4) is 6.07 Å². The number of hydrogen-bond acceptors (Lipinski definition) is 2. The topological polar surface area (TPSA) is 33.0 Å². The predicted molar refractivity (Wildman–Crippen MR) is 96.1 cm³/mol. The average Bonchev–Trinajstić information content (AvgIpc) is 2.61. The molecule has 0 aromatic rings. The van der Waals surface area contributed by atoms with Gasteiger partial charge in [-0.15, -0.1) is 0 Å². The molecule has 0 amide bonds. The molecule has 0 spiro atoms. The highest BCUT2D eigenvalue weighted by Gasteiger charge is 2.35. The largest absolute Gasteiger partial charge is 0.378 e. The van der Waals surface area contributed by atoms with Crippen LogP contribution in [0.4, 0.5) is 0 Å². The Morgan fingerprint density at radius 2 is 1.65 bits per heavy atom. The van der Waals surface area contributed by atoms with Crippen LogP contribution < -0.4 is 0 Å². The minimum atomic E-state index is -0.00920. The molecule has 2 aliphatic carbocycles. The lowest BCUT2D eigenvalue weighted by molar-refractivity contribution is -0.0133. The van der Waals surface area contributed by atoms with E-state index in [1.54, 1.807) is 0 Å². The van der Waals surface area contributed by atoms with Crippen LogP contribution in [-0.2, 0) is 4.74 Å². The standard InChI is InChI=1S/C21H37NO/c1-3-5-13-21(17-22)14-11-19(12-15-21)16-23-20-9-7-18(6-4-2)8-10-20/h18-20H,3-16H2,1-2H3/t18-,19-,20-,21-. The van der Waals surface area contributed by atoms with Crippen LogP contribution in [0.25, 0.3) is 0 Å². The maximum absolute atomic E-state index is 9.58. The fourth-order valence-electron chi connectivity index (χ4n) is 4.60. The van der Waals surface area contributed by atoms with Gasteiger partial charge >= 0.3 is 0 Å². The van der Waals surface area contributed by atoms with Crippen molar-refractivity contribution >= 4 is 0 Å². The van der Waals surface area contributed by atoms with Gasteiger partial charge in [-0.1, -0.05) is 39.5 Å². The molecule has 0 heterocycles. The molecule has 0 aromatic carbocycles. The van der Waals surface area contributed by atoms with Crippen molar-refractivity contribution in [1.82, 2.24) is 0 Å². The second-order valence-corrected chi connectivity index (χ2v) is 8.20. The maximum atomic E-state index is 9.58. The fraction of sp³-hybridized carbons (Fsp3) is 0.952. The molecule has 23 heavy (non-hydrogen) atoms. The van der Waals surface area contributed by atoms with Crippen LogP contribution in [-0.4, -0.2) is 12.7 Å². The Labute approximate surface area is 144 Å². The maximum Gasteiger partial charge on any atom is 0.0689 e. The monoisotopic (exact) mass is 319 g/mol. The van der Waals surface area contributed by atoms with Gasteiger partial charge in [0.2, 0.25) is 0 Å². The van der Waals surface area contributed by atoms with Crippen molar-refractivity contribution in [3.63, 3.8) is 0 Å². The van der Waals surface area contributed by atoms with Crippen molar-refractivity contribution in [3.05, 3.63) is 0 Å². The molecule has 2 saturated carbocycles. The van der Waals surface area contributed by atoms with Gasteiger partial charge in [-0.05, 0) is 69.6 Å². The minimum absolute atomic E-state index is 0.00920. The van der Waals surface area contributed by atoms with E-state index in [-0.39, 0.29) is 5.41 Å². The molecule has 0 aliphatic heterocycles. The molecule has 0 saturated heterocycles. The third-order valence-corrected chi connectivity index (χ3v) is 6.37. The summed E-state index contributed by atoms with van der Waals surface area (Å²) in [7, 11) is 0. The van der Waals surface area contributed by atoms with Crippen molar-refractivity contribution in [2.75, 3.05) is 6.61 Å². The number of nitriles is 1. The van der Waals surface area contributed by atoms with Gasteiger partial charge in [0.15, 0.2) is 0 Å². The smallest absolute Gasteiger partial charge is 0.0689 e. The molecule has 2 fully saturated rings. The first-order valence-electron chi connectivity index (χ1n) is 10.2. The summed E-state index contributed by atoms with van der Waals surface area (Å²) in [5.41, 5.74) is -0.00920. The Balaban J connectivity index is 1.64. The highest BCUT2D eigenvalue weighted by atomic mass is 16.5. The Bertz CT molecular complexity index is 357. The van der Waals surface area contributed by atoms with E-state index in [1.807, 2.05) is 0 Å². The summed E-state index contributed by atoms with van der Waals surface area (Å²) in [5, 5.41) is 9.58. The van der Waals surface area contributed by atoms with Gasteiger partial charge < -0.3 is 4.74 Å². The Hall–Kier alpha value is -0.550. The van der Waals surface area contributed by atoms with E-state index < -0.39 is 0 Å². The first-order chi connectivity index (χ1) is 11.2. The summed E-state index contributed by atoms with van der Waals surface area (Å²) in [4.78, 5) is 0. The lowest BCUT2D eigenvalue weighted by Crippen LogP contribution is -2.30. The van der Waals surface area contributed by atoms with Gasteiger partial charge in [0.25, 0.3) is 0 Å². The van der Waals surface area contributed by atoms with E-state index in [9.17, 15) is 5.26 Å². The number of nitrogens with zero attached hydrogens (tertiary/aromatic N) is 1. The molecule has 2 rings (SSSR count). The second kappa shape index (κ2) is 9.67. The normalized spacial score (nSPS) is 34.9. The van der Waals surface area contributed by atoms with Gasteiger partial charge in [-0.3, -0.25) is 0 Å². The zero-order valence-electron chi connectivity index (χ0n) is 15.5. The van der Waals surface area contributed by atoms with Crippen molar-refractivity contribution in [1.29, 1.82) is 5.26 Å². The van der Waals surface area contributed by atoms with Crippen LogP contribution in [0.1, 0.15) is 97.3 Å². The molecule has 2 aliphatic rings. The number of hydrogen-bond donors (Lipinski definition) is 0. The molecule has 0 aromatic heterocycles. The highest BCUT2D eigenvalue weighted by molar-refractivity contribution is 5.01. The zero-order chi connectivity index (χ0) is 16.5. The van der Waals surface area contributed by atoms with Crippen LogP contribution >= 0.6 is 0 Å². The van der Waals surface area contributed by atoms with E-state index in [2.05, 4.69) is 19.9 Å². The number of rotatable bonds is 8. The van der Waals surface area contributed by atoms with Crippen LogP contribution in [0.3, 0.4) is 0 Å². The quantitative estimate of drug-likeness (QED) is 0.529. The summed E-state index contributed by atoms with van der Waals surface area (Å²) >= 11 is 0. The van der Waals surface area contributed by atoms with Crippen molar-refractivity contribution in [2.45, 2.75) is 103 Å². The van der Waals surface area contributed by atoms with E-state index in [0.29, 0.717) is 12.0 Å². The first kappa shape index (κ1) is 18.8. The van der Waals surface area contributed by atoms with Crippen LogP contribution in [0.2, 0.25) is 0 Å². The van der Waals surface area contributed by atoms with E-state index in [0.717, 1.165) is 31.8 Å². The van der Waals surface area contributed by atoms with Gasteiger partial charge in [0.1, 0.15) is 0 Å². The highest BCUT2D eigenvalue weighted by Crippen LogP contribution is 2.42. The molecule has 0 N–H and O–H groups in total. The molecule has 0 radical (unpaired) electrons. The number of unbranched alkanes of at least 4 members (excludes halogenated alkanes) is 1. The van der Waals surface area contributed by atoms with Gasteiger partial charge in [-0.25, -0.2) is 0 Å². The van der Waals surface area contributed by atoms with Gasteiger partial charge in [0, 0.05) is 6.61 Å².